The zero-order valence-electron chi connectivity index (χ0n) is 8.51. The average molecular weight is 335 g/mol. The molecule has 1 aromatic heterocycles. The Morgan fingerprint density at radius 3 is 2.69 bits per heavy atom. The minimum absolute atomic E-state index is 0.209. The number of carbonyl (C=O) groups is 2. The third kappa shape index (κ3) is 3.72. The van der Waals surface area contributed by atoms with E-state index >= 15 is 0 Å². The lowest BCUT2D eigenvalue weighted by atomic mass is 10.3. The van der Waals surface area contributed by atoms with Crippen molar-refractivity contribution in [2.75, 3.05) is 13.7 Å². The highest BCUT2D eigenvalue weighted by atomic mass is 127. The van der Waals surface area contributed by atoms with E-state index in [1.54, 1.807) is 0 Å². The van der Waals surface area contributed by atoms with Gasteiger partial charge in [-0.05, 0) is 0 Å². The summed E-state index contributed by atoms with van der Waals surface area (Å²) in [5.74, 6) is -0.684. The fourth-order valence-electron chi connectivity index (χ4n) is 0.912. The van der Waals surface area contributed by atoms with Gasteiger partial charge in [0.2, 0.25) is 0 Å². The second-order valence-electron chi connectivity index (χ2n) is 2.83. The lowest BCUT2D eigenvalue weighted by Gasteiger charge is -2.08. The van der Waals surface area contributed by atoms with Crippen LogP contribution in [0.4, 0.5) is 0 Å². The topological polar surface area (TPSA) is 81.2 Å². The predicted octanol–water partition coefficient (Wildman–Crippen LogP) is 0.183. The van der Waals surface area contributed by atoms with E-state index < -0.39 is 3.92 Å². The number of nitrogens with one attached hydrogen (secondary N) is 1. The molecule has 1 rings (SSSR count). The molecule has 0 spiro atoms. The van der Waals surface area contributed by atoms with Crippen molar-refractivity contribution in [2.45, 2.75) is 3.92 Å². The maximum absolute atomic E-state index is 11.5. The number of hydrogen-bond acceptors (Lipinski definition) is 5. The van der Waals surface area contributed by atoms with E-state index in [4.69, 9.17) is 0 Å². The van der Waals surface area contributed by atoms with Gasteiger partial charge in [-0.15, -0.1) is 0 Å². The second-order valence-corrected chi connectivity index (χ2v) is 4.33. The number of halogens is 1. The van der Waals surface area contributed by atoms with Gasteiger partial charge in [0, 0.05) is 18.9 Å². The van der Waals surface area contributed by atoms with Crippen molar-refractivity contribution in [2.24, 2.45) is 0 Å². The molecule has 1 heterocycles. The van der Waals surface area contributed by atoms with Crippen LogP contribution < -0.4 is 5.32 Å². The molecule has 7 heteroatoms. The summed E-state index contributed by atoms with van der Waals surface area (Å²) < 4.78 is 4.12. The van der Waals surface area contributed by atoms with Crippen LogP contribution in [0.3, 0.4) is 0 Å². The third-order valence-electron chi connectivity index (χ3n) is 1.72. The molecule has 6 nitrogen and oxygen atoms in total. The van der Waals surface area contributed by atoms with Crippen molar-refractivity contribution in [1.29, 1.82) is 0 Å². The highest BCUT2D eigenvalue weighted by molar-refractivity contribution is 14.1. The lowest BCUT2D eigenvalue weighted by molar-refractivity contribution is -0.139. The molecule has 0 aliphatic rings. The van der Waals surface area contributed by atoms with E-state index in [1.807, 2.05) is 22.6 Å². The summed E-state index contributed by atoms with van der Waals surface area (Å²) in [6.45, 7) is 0.209. The van der Waals surface area contributed by atoms with Crippen LogP contribution in [0.15, 0.2) is 18.7 Å². The molecule has 1 atom stereocenters. The fraction of sp³-hybridized carbons (Fsp3) is 0.333. The van der Waals surface area contributed by atoms with Gasteiger partial charge in [0.15, 0.2) is 0 Å². The first-order valence-electron chi connectivity index (χ1n) is 4.40. The molecule has 16 heavy (non-hydrogen) atoms. The van der Waals surface area contributed by atoms with E-state index in [0.717, 1.165) is 0 Å². The van der Waals surface area contributed by atoms with Gasteiger partial charge in [-0.3, -0.25) is 9.59 Å². The first kappa shape index (κ1) is 12.8. The van der Waals surface area contributed by atoms with Gasteiger partial charge in [0.1, 0.15) is 10.3 Å². The normalized spacial score (nSPS) is 11.6. The SMILES string of the molecule is COC(=O)C(I)CNC(=O)c1cncnc1. The monoisotopic (exact) mass is 335 g/mol. The Morgan fingerprint density at radius 1 is 1.50 bits per heavy atom. The molecule has 1 N–H and O–H groups in total. The van der Waals surface area contributed by atoms with Crippen molar-refractivity contribution >= 4 is 34.5 Å². The summed E-state index contributed by atoms with van der Waals surface area (Å²) >= 11 is 1.90. The smallest absolute Gasteiger partial charge is 0.320 e. The first-order chi connectivity index (χ1) is 7.65. The fourth-order valence-corrected chi connectivity index (χ4v) is 1.39. The van der Waals surface area contributed by atoms with Gasteiger partial charge in [0.25, 0.3) is 5.91 Å². The summed E-state index contributed by atoms with van der Waals surface area (Å²) in [5, 5.41) is 2.59. The number of rotatable bonds is 4. The van der Waals surface area contributed by atoms with E-state index in [9.17, 15) is 9.59 Å². The van der Waals surface area contributed by atoms with Crippen molar-refractivity contribution in [3.63, 3.8) is 0 Å². The highest BCUT2D eigenvalue weighted by Crippen LogP contribution is 2.01. The second kappa shape index (κ2) is 6.36. The third-order valence-corrected chi connectivity index (χ3v) is 2.67. The quantitative estimate of drug-likeness (QED) is 0.482. The first-order valence-corrected chi connectivity index (χ1v) is 5.65. The van der Waals surface area contributed by atoms with Gasteiger partial charge < -0.3 is 10.1 Å². The van der Waals surface area contributed by atoms with Crippen LogP contribution in [0, 0.1) is 0 Å². The van der Waals surface area contributed by atoms with Crippen LogP contribution in [0.1, 0.15) is 10.4 Å². The molecule has 86 valence electrons. The van der Waals surface area contributed by atoms with Crippen molar-refractivity contribution in [3.05, 3.63) is 24.3 Å². The maximum atomic E-state index is 11.5. The molecular formula is C9H10IN3O3. The molecule has 0 aliphatic carbocycles. The van der Waals surface area contributed by atoms with Crippen LogP contribution in [0.25, 0.3) is 0 Å². The number of nitrogens with zero attached hydrogens (tertiary/aromatic N) is 2. The van der Waals surface area contributed by atoms with Crippen LogP contribution in [-0.2, 0) is 9.53 Å². The largest absolute Gasteiger partial charge is 0.468 e. The summed E-state index contributed by atoms with van der Waals surface area (Å²) in [4.78, 5) is 30.0. The number of alkyl halides is 1. The van der Waals surface area contributed by atoms with Crippen molar-refractivity contribution < 1.29 is 14.3 Å². The van der Waals surface area contributed by atoms with Crippen LogP contribution in [0.5, 0.6) is 0 Å². The Labute approximate surface area is 106 Å². The molecule has 0 aliphatic heterocycles. The molecule has 0 radical (unpaired) electrons. The molecule has 0 bridgehead atoms. The van der Waals surface area contributed by atoms with E-state index in [-0.39, 0.29) is 18.4 Å². The number of amides is 1. The molecule has 1 amide bonds. The predicted molar refractivity (Wildman–Crippen MR) is 64.2 cm³/mol. The number of methoxy groups -OCH3 is 1. The summed E-state index contributed by atoms with van der Waals surface area (Å²) in [6, 6.07) is 0. The van der Waals surface area contributed by atoms with Crippen LogP contribution in [-0.4, -0.2) is 39.4 Å². The number of ether oxygens (including phenoxy) is 1. The van der Waals surface area contributed by atoms with Gasteiger partial charge >= 0.3 is 5.97 Å². The summed E-state index contributed by atoms with van der Waals surface area (Å²) in [5.41, 5.74) is 0.357. The van der Waals surface area contributed by atoms with Crippen molar-refractivity contribution in [3.8, 4) is 0 Å². The Hall–Kier alpha value is -1.25. The minimum Gasteiger partial charge on any atom is -0.468 e. The van der Waals surface area contributed by atoms with Crippen LogP contribution in [0.2, 0.25) is 0 Å². The highest BCUT2D eigenvalue weighted by Gasteiger charge is 2.16. The Balaban J connectivity index is 2.45. The molecular weight excluding hydrogens is 325 g/mol. The number of aromatic nitrogens is 2. The zero-order chi connectivity index (χ0) is 12.0. The maximum Gasteiger partial charge on any atom is 0.320 e. The Morgan fingerprint density at radius 2 is 2.12 bits per heavy atom. The van der Waals surface area contributed by atoms with Gasteiger partial charge in [0.05, 0.1) is 12.7 Å². The lowest BCUT2D eigenvalue weighted by Crippen LogP contribution is -2.33. The molecule has 0 aromatic carbocycles. The zero-order valence-corrected chi connectivity index (χ0v) is 10.7. The summed E-state index contributed by atoms with van der Waals surface area (Å²) in [6.07, 6.45) is 4.15. The number of carbonyl (C=O) groups excluding carboxylic acids is 2. The summed E-state index contributed by atoms with van der Waals surface area (Å²) in [7, 11) is 1.31. The van der Waals surface area contributed by atoms with Crippen LogP contribution >= 0.6 is 22.6 Å². The van der Waals surface area contributed by atoms with E-state index in [0.29, 0.717) is 5.56 Å². The number of esters is 1. The number of hydrogen-bond donors (Lipinski definition) is 1. The molecule has 0 fully saturated rings. The standard InChI is InChI=1S/C9H10IN3O3/c1-16-9(15)7(10)4-13-8(14)6-2-11-5-12-3-6/h2-3,5,7H,4H2,1H3,(H,13,14). The Bertz CT molecular complexity index is 372. The molecule has 0 saturated carbocycles. The molecule has 0 saturated heterocycles. The van der Waals surface area contributed by atoms with Crippen molar-refractivity contribution in [1.82, 2.24) is 15.3 Å². The van der Waals surface area contributed by atoms with Gasteiger partial charge in [-0.1, -0.05) is 22.6 Å². The Kier molecular flexibility index (Phi) is 5.09. The molecule has 1 unspecified atom stereocenters. The minimum atomic E-state index is -0.406. The van der Waals surface area contributed by atoms with Gasteiger partial charge in [-0.25, -0.2) is 9.97 Å². The van der Waals surface area contributed by atoms with Gasteiger partial charge in [-0.2, -0.15) is 0 Å². The van der Waals surface area contributed by atoms with E-state index in [1.165, 1.54) is 25.8 Å². The van der Waals surface area contributed by atoms with E-state index in [2.05, 4.69) is 20.0 Å². The average Bonchev–Trinajstić information content (AvgIpc) is 2.35. The molecule has 1 aromatic rings.